The van der Waals surface area contributed by atoms with Gasteiger partial charge >= 0.3 is 0 Å². The second-order valence-corrected chi connectivity index (χ2v) is 5.78. The average Bonchev–Trinajstić information content (AvgIpc) is 2.52. The number of nitrogens with two attached hydrogens (primary N) is 1. The molecule has 1 aliphatic rings. The Morgan fingerprint density at radius 3 is 2.19 bits per heavy atom. The number of hydrogen-bond acceptors (Lipinski definition) is 4. The summed E-state index contributed by atoms with van der Waals surface area (Å²) in [4.78, 5) is 8.81. The highest BCUT2D eigenvalue weighted by molar-refractivity contribution is 6.37. The van der Waals surface area contributed by atoms with Gasteiger partial charge in [0.2, 0.25) is 0 Å². The number of para-hydroxylation sites is 1. The van der Waals surface area contributed by atoms with Gasteiger partial charge in [0, 0.05) is 31.9 Å². The van der Waals surface area contributed by atoms with Crippen LogP contribution in [0, 0.1) is 0 Å². The summed E-state index contributed by atoms with van der Waals surface area (Å²) in [6, 6.07) is 12.0. The molecule has 2 N–H and O–H groups in total. The Hall–Kier alpha value is -1.65. The molecule has 2 heterocycles. The minimum Gasteiger partial charge on any atom is -0.382 e. The second-order valence-electron chi connectivity index (χ2n) is 4.97. The molecule has 0 saturated carbocycles. The van der Waals surface area contributed by atoms with E-state index in [1.165, 1.54) is 5.69 Å². The summed E-state index contributed by atoms with van der Waals surface area (Å²) in [6.07, 6.45) is 0. The third-order valence-corrected chi connectivity index (χ3v) is 4.22. The first-order valence-corrected chi connectivity index (χ1v) is 7.57. The van der Waals surface area contributed by atoms with Gasteiger partial charge in [0.15, 0.2) is 0 Å². The molecule has 110 valence electrons. The number of aromatic nitrogens is 1. The molecule has 21 heavy (non-hydrogen) atoms. The molecule has 1 aromatic heterocycles. The molecule has 1 fully saturated rings. The molecule has 1 saturated heterocycles. The van der Waals surface area contributed by atoms with Gasteiger partial charge in [-0.2, -0.15) is 0 Å². The van der Waals surface area contributed by atoms with Crippen LogP contribution in [0.1, 0.15) is 0 Å². The Morgan fingerprint density at radius 1 is 0.905 bits per heavy atom. The van der Waals surface area contributed by atoms with Crippen LogP contribution in [0.15, 0.2) is 36.4 Å². The van der Waals surface area contributed by atoms with E-state index in [0.717, 1.165) is 26.2 Å². The Bertz CT molecular complexity index is 625. The fourth-order valence-corrected chi connectivity index (χ4v) is 2.99. The molecule has 0 amide bonds. The maximum Gasteiger partial charge on any atom is 0.150 e. The lowest BCUT2D eigenvalue weighted by Gasteiger charge is -2.37. The van der Waals surface area contributed by atoms with Gasteiger partial charge in [-0.1, -0.05) is 41.4 Å². The first kappa shape index (κ1) is 14.3. The van der Waals surface area contributed by atoms with Gasteiger partial charge in [-0.3, -0.25) is 0 Å². The Morgan fingerprint density at radius 2 is 1.52 bits per heavy atom. The van der Waals surface area contributed by atoms with Crippen LogP contribution in [-0.4, -0.2) is 31.2 Å². The zero-order chi connectivity index (χ0) is 14.8. The van der Waals surface area contributed by atoms with Crippen molar-refractivity contribution >= 4 is 40.5 Å². The van der Waals surface area contributed by atoms with E-state index in [2.05, 4.69) is 39.0 Å². The molecule has 3 rings (SSSR count). The molecule has 0 spiro atoms. The molecule has 2 aromatic rings. The third-order valence-electron chi connectivity index (χ3n) is 3.64. The second kappa shape index (κ2) is 6.00. The quantitative estimate of drug-likeness (QED) is 0.921. The summed E-state index contributed by atoms with van der Waals surface area (Å²) in [7, 11) is 0. The summed E-state index contributed by atoms with van der Waals surface area (Å²) in [6.45, 7) is 3.54. The van der Waals surface area contributed by atoms with Crippen LogP contribution >= 0.6 is 23.2 Å². The molecule has 0 bridgehead atoms. The number of halogens is 2. The molecule has 0 radical (unpaired) electrons. The summed E-state index contributed by atoms with van der Waals surface area (Å²) < 4.78 is 0. The van der Waals surface area contributed by atoms with E-state index < -0.39 is 0 Å². The Kier molecular flexibility index (Phi) is 4.08. The van der Waals surface area contributed by atoms with Crippen LogP contribution in [0.25, 0.3) is 0 Å². The number of hydrogen-bond donors (Lipinski definition) is 1. The van der Waals surface area contributed by atoms with Crippen molar-refractivity contribution in [2.75, 3.05) is 41.7 Å². The first-order chi connectivity index (χ1) is 10.1. The van der Waals surface area contributed by atoms with Crippen LogP contribution < -0.4 is 15.5 Å². The standard InChI is InChI=1S/C15H16Cl2N4/c16-12-10-13(17)15(19-14(12)18)21-8-6-20(7-9-21)11-4-2-1-3-5-11/h1-5,10H,6-9H2,(H2,18,19). The predicted molar refractivity (Wildman–Crippen MR) is 89.5 cm³/mol. The van der Waals surface area contributed by atoms with Crippen molar-refractivity contribution in [1.29, 1.82) is 0 Å². The normalized spacial score (nSPS) is 15.3. The summed E-state index contributed by atoms with van der Waals surface area (Å²) >= 11 is 12.2. The fourth-order valence-electron chi connectivity index (χ4n) is 2.51. The fraction of sp³-hybridized carbons (Fsp3) is 0.267. The Labute approximate surface area is 134 Å². The van der Waals surface area contributed by atoms with Crippen molar-refractivity contribution in [2.24, 2.45) is 0 Å². The highest BCUT2D eigenvalue weighted by Crippen LogP contribution is 2.30. The minimum absolute atomic E-state index is 0.321. The number of nitrogens with zero attached hydrogens (tertiary/aromatic N) is 3. The number of anilines is 3. The molecule has 1 aromatic carbocycles. The summed E-state index contributed by atoms with van der Waals surface area (Å²) in [5.74, 6) is 1.04. The van der Waals surface area contributed by atoms with Crippen LogP contribution in [0.2, 0.25) is 10.0 Å². The number of nitrogen functional groups attached to an aromatic ring is 1. The van der Waals surface area contributed by atoms with E-state index in [0.29, 0.717) is 21.7 Å². The van der Waals surface area contributed by atoms with E-state index in [-0.39, 0.29) is 0 Å². The van der Waals surface area contributed by atoms with Gasteiger partial charge in [-0.15, -0.1) is 0 Å². The number of rotatable bonds is 2. The van der Waals surface area contributed by atoms with Crippen molar-refractivity contribution in [3.8, 4) is 0 Å². The van der Waals surface area contributed by atoms with Crippen molar-refractivity contribution in [3.05, 3.63) is 46.4 Å². The molecular weight excluding hydrogens is 307 g/mol. The van der Waals surface area contributed by atoms with Crippen LogP contribution in [0.5, 0.6) is 0 Å². The molecule has 0 unspecified atom stereocenters. The van der Waals surface area contributed by atoms with Crippen LogP contribution in [0.4, 0.5) is 17.3 Å². The molecule has 4 nitrogen and oxygen atoms in total. The van der Waals surface area contributed by atoms with E-state index >= 15 is 0 Å². The van der Waals surface area contributed by atoms with Gasteiger partial charge in [0.1, 0.15) is 11.6 Å². The van der Waals surface area contributed by atoms with E-state index in [9.17, 15) is 0 Å². The average molecular weight is 323 g/mol. The van der Waals surface area contributed by atoms with Gasteiger partial charge in [0.25, 0.3) is 0 Å². The molecule has 1 aliphatic heterocycles. The molecule has 0 atom stereocenters. The number of benzene rings is 1. The number of piperazine rings is 1. The maximum atomic E-state index is 6.23. The first-order valence-electron chi connectivity index (χ1n) is 6.81. The minimum atomic E-state index is 0.321. The number of pyridine rings is 1. The monoisotopic (exact) mass is 322 g/mol. The highest BCUT2D eigenvalue weighted by atomic mass is 35.5. The zero-order valence-electron chi connectivity index (χ0n) is 11.5. The SMILES string of the molecule is Nc1nc(N2CCN(c3ccccc3)CC2)c(Cl)cc1Cl. The van der Waals surface area contributed by atoms with E-state index in [1.54, 1.807) is 6.07 Å². The van der Waals surface area contributed by atoms with Gasteiger partial charge < -0.3 is 15.5 Å². The van der Waals surface area contributed by atoms with Gasteiger partial charge in [-0.25, -0.2) is 4.98 Å². The molecular formula is C15H16Cl2N4. The maximum absolute atomic E-state index is 6.23. The highest BCUT2D eigenvalue weighted by Gasteiger charge is 2.21. The predicted octanol–water partition coefficient (Wildman–Crippen LogP) is 3.30. The third kappa shape index (κ3) is 3.01. The topological polar surface area (TPSA) is 45.4 Å². The van der Waals surface area contributed by atoms with Crippen LogP contribution in [0.3, 0.4) is 0 Å². The lowest BCUT2D eigenvalue weighted by atomic mass is 10.2. The van der Waals surface area contributed by atoms with Crippen molar-refractivity contribution < 1.29 is 0 Å². The molecule has 0 aliphatic carbocycles. The van der Waals surface area contributed by atoms with Crippen molar-refractivity contribution in [1.82, 2.24) is 4.98 Å². The smallest absolute Gasteiger partial charge is 0.150 e. The zero-order valence-corrected chi connectivity index (χ0v) is 13.0. The summed E-state index contributed by atoms with van der Waals surface area (Å²) in [5, 5.41) is 0.939. The lowest BCUT2D eigenvalue weighted by Crippen LogP contribution is -2.47. The van der Waals surface area contributed by atoms with E-state index in [4.69, 9.17) is 28.9 Å². The van der Waals surface area contributed by atoms with Crippen molar-refractivity contribution in [2.45, 2.75) is 0 Å². The molecule has 6 heteroatoms. The van der Waals surface area contributed by atoms with Gasteiger partial charge in [-0.05, 0) is 18.2 Å². The Balaban J connectivity index is 1.73. The van der Waals surface area contributed by atoms with Crippen LogP contribution in [-0.2, 0) is 0 Å². The van der Waals surface area contributed by atoms with E-state index in [1.807, 2.05) is 6.07 Å². The largest absolute Gasteiger partial charge is 0.382 e. The van der Waals surface area contributed by atoms with Crippen molar-refractivity contribution in [3.63, 3.8) is 0 Å². The summed E-state index contributed by atoms with van der Waals surface area (Å²) in [5.41, 5.74) is 7.02. The van der Waals surface area contributed by atoms with Gasteiger partial charge in [0.05, 0.1) is 10.0 Å². The lowest BCUT2D eigenvalue weighted by molar-refractivity contribution is 0.648.